The molecule has 1 atom stereocenters. The van der Waals surface area contributed by atoms with Gasteiger partial charge in [-0.15, -0.1) is 0 Å². The topological polar surface area (TPSA) is 59.4 Å². The third-order valence-electron chi connectivity index (χ3n) is 4.74. The molecular weight excluding hydrogens is 324 g/mol. The van der Waals surface area contributed by atoms with Gasteiger partial charge in [0.05, 0.1) is 11.6 Å². The molecule has 0 aromatic heterocycles. The molecule has 0 aliphatic carbocycles. The van der Waals surface area contributed by atoms with Gasteiger partial charge in [0, 0.05) is 32.4 Å². The summed E-state index contributed by atoms with van der Waals surface area (Å²) in [5.41, 5.74) is 2.52. The van der Waals surface area contributed by atoms with Gasteiger partial charge in [0.25, 0.3) is 0 Å². The van der Waals surface area contributed by atoms with E-state index in [0.717, 1.165) is 32.6 Å². The number of anilines is 1. The van der Waals surface area contributed by atoms with Crippen LogP contribution in [0.15, 0.2) is 54.6 Å². The van der Waals surface area contributed by atoms with E-state index in [1.54, 1.807) is 29.2 Å². The summed E-state index contributed by atoms with van der Waals surface area (Å²) in [6.45, 7) is 3.78. The number of urea groups is 1. The van der Waals surface area contributed by atoms with Crippen molar-refractivity contribution >= 4 is 11.7 Å². The predicted molar refractivity (Wildman–Crippen MR) is 103 cm³/mol. The highest BCUT2D eigenvalue weighted by molar-refractivity contribution is 5.89. The highest BCUT2D eigenvalue weighted by Gasteiger charge is 2.25. The van der Waals surface area contributed by atoms with Crippen LogP contribution in [-0.2, 0) is 6.54 Å². The highest BCUT2D eigenvalue weighted by Crippen LogP contribution is 2.20. The quantitative estimate of drug-likeness (QED) is 0.899. The molecule has 2 aromatic carbocycles. The van der Waals surface area contributed by atoms with Gasteiger partial charge in [-0.3, -0.25) is 4.90 Å². The minimum atomic E-state index is -0.137. The molecule has 5 heteroatoms. The summed E-state index contributed by atoms with van der Waals surface area (Å²) in [5.74, 6) is 0.486. The summed E-state index contributed by atoms with van der Waals surface area (Å²) in [5, 5.41) is 11.8. The van der Waals surface area contributed by atoms with E-state index < -0.39 is 0 Å². The Labute approximate surface area is 154 Å². The van der Waals surface area contributed by atoms with Crippen molar-refractivity contribution in [1.82, 2.24) is 9.80 Å². The molecule has 5 nitrogen and oxygen atoms in total. The molecule has 1 heterocycles. The van der Waals surface area contributed by atoms with Crippen LogP contribution in [0.2, 0.25) is 0 Å². The normalized spacial score (nSPS) is 16.8. The van der Waals surface area contributed by atoms with E-state index in [4.69, 9.17) is 5.26 Å². The van der Waals surface area contributed by atoms with Crippen molar-refractivity contribution in [1.29, 1.82) is 5.26 Å². The molecule has 0 spiro atoms. The molecule has 134 valence electrons. The molecule has 1 N–H and O–H groups in total. The molecule has 0 unspecified atom stereocenters. The number of amides is 2. The van der Waals surface area contributed by atoms with Gasteiger partial charge >= 0.3 is 6.03 Å². The molecule has 2 aromatic rings. The van der Waals surface area contributed by atoms with Gasteiger partial charge in [-0.25, -0.2) is 4.79 Å². The Kier molecular flexibility index (Phi) is 5.88. The van der Waals surface area contributed by atoms with Gasteiger partial charge in [0.1, 0.15) is 0 Å². The summed E-state index contributed by atoms with van der Waals surface area (Å²) in [6, 6.07) is 19.4. The number of nitriles is 1. The van der Waals surface area contributed by atoms with E-state index in [2.05, 4.69) is 40.6 Å². The van der Waals surface area contributed by atoms with Crippen LogP contribution in [0.1, 0.15) is 17.5 Å². The number of benzene rings is 2. The third-order valence-corrected chi connectivity index (χ3v) is 4.74. The molecule has 1 aliphatic rings. The number of hydrogen-bond acceptors (Lipinski definition) is 3. The van der Waals surface area contributed by atoms with Crippen molar-refractivity contribution in [3.05, 3.63) is 65.7 Å². The second-order valence-electron chi connectivity index (χ2n) is 6.88. The minimum absolute atomic E-state index is 0.137. The van der Waals surface area contributed by atoms with Gasteiger partial charge in [0.15, 0.2) is 0 Å². The van der Waals surface area contributed by atoms with Crippen molar-refractivity contribution in [3.8, 4) is 6.07 Å². The SMILES string of the molecule is CN(C[C@@H]1CCN(Cc2ccccc2)C1)C(=O)Nc1cccc(C#N)c1. The Hall–Kier alpha value is -2.84. The lowest BCUT2D eigenvalue weighted by Gasteiger charge is -2.22. The Balaban J connectivity index is 1.48. The summed E-state index contributed by atoms with van der Waals surface area (Å²) < 4.78 is 0. The molecule has 1 saturated heterocycles. The van der Waals surface area contributed by atoms with Crippen LogP contribution in [0.3, 0.4) is 0 Å². The van der Waals surface area contributed by atoms with Crippen LogP contribution in [0.25, 0.3) is 0 Å². The number of carbonyl (C=O) groups excluding carboxylic acids is 1. The summed E-state index contributed by atoms with van der Waals surface area (Å²) in [4.78, 5) is 16.6. The van der Waals surface area contributed by atoms with E-state index >= 15 is 0 Å². The van der Waals surface area contributed by atoms with E-state index in [9.17, 15) is 4.79 Å². The maximum atomic E-state index is 12.4. The van der Waals surface area contributed by atoms with Gasteiger partial charge in [-0.05, 0) is 42.6 Å². The number of hydrogen-bond donors (Lipinski definition) is 1. The fraction of sp³-hybridized carbons (Fsp3) is 0.333. The van der Waals surface area contributed by atoms with Crippen LogP contribution in [0.5, 0.6) is 0 Å². The molecule has 0 radical (unpaired) electrons. The zero-order valence-electron chi connectivity index (χ0n) is 15.1. The maximum Gasteiger partial charge on any atom is 0.321 e. The van der Waals surface area contributed by atoms with Crippen molar-refractivity contribution in [2.45, 2.75) is 13.0 Å². The summed E-state index contributed by atoms with van der Waals surface area (Å²) in [7, 11) is 1.82. The fourth-order valence-electron chi connectivity index (χ4n) is 3.40. The van der Waals surface area contributed by atoms with Crippen LogP contribution < -0.4 is 5.32 Å². The Bertz CT molecular complexity index is 784. The Morgan fingerprint density at radius 2 is 2.08 bits per heavy atom. The van der Waals surface area contributed by atoms with Crippen LogP contribution in [0, 0.1) is 17.2 Å². The smallest absolute Gasteiger partial charge is 0.321 e. The molecule has 1 aliphatic heterocycles. The van der Waals surface area contributed by atoms with E-state index in [-0.39, 0.29) is 6.03 Å². The monoisotopic (exact) mass is 348 g/mol. The number of nitrogens with one attached hydrogen (secondary N) is 1. The Morgan fingerprint density at radius 3 is 2.85 bits per heavy atom. The molecule has 3 rings (SSSR count). The molecule has 26 heavy (non-hydrogen) atoms. The van der Waals surface area contributed by atoms with Gasteiger partial charge in [-0.2, -0.15) is 5.26 Å². The van der Waals surface area contributed by atoms with Crippen molar-refractivity contribution < 1.29 is 4.79 Å². The molecule has 2 amide bonds. The van der Waals surface area contributed by atoms with Gasteiger partial charge in [0.2, 0.25) is 0 Å². The van der Waals surface area contributed by atoms with Crippen LogP contribution >= 0.6 is 0 Å². The lowest BCUT2D eigenvalue weighted by atomic mass is 10.1. The maximum absolute atomic E-state index is 12.4. The van der Waals surface area contributed by atoms with Crippen molar-refractivity contribution in [2.75, 3.05) is 32.0 Å². The third kappa shape index (κ3) is 4.84. The molecular formula is C21H24N4O. The molecule has 0 saturated carbocycles. The second kappa shape index (κ2) is 8.50. The zero-order valence-corrected chi connectivity index (χ0v) is 15.1. The molecule has 1 fully saturated rings. The van der Waals surface area contributed by atoms with Crippen LogP contribution in [-0.4, -0.2) is 42.5 Å². The second-order valence-corrected chi connectivity index (χ2v) is 6.88. The van der Waals surface area contributed by atoms with Crippen molar-refractivity contribution in [3.63, 3.8) is 0 Å². The Morgan fingerprint density at radius 1 is 1.27 bits per heavy atom. The molecule has 0 bridgehead atoms. The van der Waals surface area contributed by atoms with Crippen LogP contribution in [0.4, 0.5) is 10.5 Å². The van der Waals surface area contributed by atoms with E-state index in [1.165, 1.54) is 5.56 Å². The average Bonchev–Trinajstić information content (AvgIpc) is 3.09. The summed E-state index contributed by atoms with van der Waals surface area (Å²) >= 11 is 0. The summed E-state index contributed by atoms with van der Waals surface area (Å²) in [6.07, 6.45) is 1.11. The average molecular weight is 348 g/mol. The number of likely N-dealkylation sites (tertiary alicyclic amines) is 1. The first-order valence-electron chi connectivity index (χ1n) is 8.92. The van der Waals surface area contributed by atoms with Gasteiger partial charge < -0.3 is 10.2 Å². The highest BCUT2D eigenvalue weighted by atomic mass is 16.2. The number of carbonyl (C=O) groups is 1. The van der Waals surface area contributed by atoms with Crippen molar-refractivity contribution in [2.24, 2.45) is 5.92 Å². The predicted octanol–water partition coefficient (Wildman–Crippen LogP) is 3.54. The van der Waals surface area contributed by atoms with Gasteiger partial charge in [-0.1, -0.05) is 36.4 Å². The van der Waals surface area contributed by atoms with E-state index in [1.807, 2.05) is 13.1 Å². The lowest BCUT2D eigenvalue weighted by Crippen LogP contribution is -2.36. The van der Waals surface area contributed by atoms with E-state index in [0.29, 0.717) is 17.2 Å². The first-order valence-corrected chi connectivity index (χ1v) is 8.92. The minimum Gasteiger partial charge on any atom is -0.327 e. The first-order chi connectivity index (χ1) is 12.6. The number of rotatable bonds is 5. The fourth-order valence-corrected chi connectivity index (χ4v) is 3.40. The lowest BCUT2D eigenvalue weighted by molar-refractivity contribution is 0.212. The first kappa shape index (κ1) is 18.0. The number of nitrogens with zero attached hydrogens (tertiary/aromatic N) is 3. The standard InChI is InChI=1S/C21H24N4O/c1-24(21(26)23-20-9-5-8-18(12-20)13-22)14-19-10-11-25(16-19)15-17-6-3-2-4-7-17/h2-9,12,19H,10-11,14-16H2,1H3,(H,23,26)/t19-/m0/s1. The largest absolute Gasteiger partial charge is 0.327 e. The zero-order chi connectivity index (χ0) is 18.4.